The SMILES string of the molecule is O=C(O)c1ccc(CCC(CO)CCc2ccc(C(=O)O)cc2)cc1. The molecule has 0 spiro atoms. The fourth-order valence-corrected chi connectivity index (χ4v) is 2.70. The third-order valence-electron chi connectivity index (χ3n) is 4.34. The standard InChI is InChI=1S/C20H22O5/c21-13-16(3-1-14-5-9-17(10-6-14)19(22)23)4-2-15-7-11-18(12-8-15)20(24)25/h5-12,16,21H,1-4,13H2,(H,22,23)(H,24,25). The Morgan fingerprint density at radius 3 is 1.36 bits per heavy atom. The van der Waals surface area contributed by atoms with Crippen LogP contribution in [0.3, 0.4) is 0 Å². The van der Waals surface area contributed by atoms with Gasteiger partial charge in [-0.2, -0.15) is 0 Å². The summed E-state index contributed by atoms with van der Waals surface area (Å²) >= 11 is 0. The van der Waals surface area contributed by atoms with E-state index in [1.807, 2.05) is 24.3 Å². The molecule has 0 saturated heterocycles. The zero-order valence-electron chi connectivity index (χ0n) is 13.9. The van der Waals surface area contributed by atoms with Crippen molar-refractivity contribution in [1.82, 2.24) is 0 Å². The monoisotopic (exact) mass is 342 g/mol. The van der Waals surface area contributed by atoms with Crippen LogP contribution in [-0.4, -0.2) is 33.9 Å². The van der Waals surface area contributed by atoms with Gasteiger partial charge in [-0.1, -0.05) is 24.3 Å². The minimum Gasteiger partial charge on any atom is -0.478 e. The van der Waals surface area contributed by atoms with Crippen LogP contribution < -0.4 is 0 Å². The normalized spacial score (nSPS) is 10.8. The van der Waals surface area contributed by atoms with E-state index in [9.17, 15) is 14.7 Å². The first-order valence-corrected chi connectivity index (χ1v) is 8.25. The first-order valence-electron chi connectivity index (χ1n) is 8.25. The van der Waals surface area contributed by atoms with Crippen molar-refractivity contribution in [3.8, 4) is 0 Å². The predicted molar refractivity (Wildman–Crippen MR) is 94.0 cm³/mol. The molecule has 0 unspecified atom stereocenters. The van der Waals surface area contributed by atoms with Crippen molar-refractivity contribution in [3.63, 3.8) is 0 Å². The largest absolute Gasteiger partial charge is 0.478 e. The summed E-state index contributed by atoms with van der Waals surface area (Å²) in [6.45, 7) is 0.0976. The Morgan fingerprint density at radius 1 is 0.720 bits per heavy atom. The molecular formula is C20H22O5. The van der Waals surface area contributed by atoms with Crippen molar-refractivity contribution in [2.24, 2.45) is 5.92 Å². The number of hydrogen-bond donors (Lipinski definition) is 3. The molecule has 0 aliphatic rings. The zero-order valence-corrected chi connectivity index (χ0v) is 13.9. The van der Waals surface area contributed by atoms with Crippen LogP contribution in [0.25, 0.3) is 0 Å². The molecule has 2 aromatic carbocycles. The quantitative estimate of drug-likeness (QED) is 0.650. The van der Waals surface area contributed by atoms with Crippen molar-refractivity contribution in [3.05, 3.63) is 70.8 Å². The van der Waals surface area contributed by atoms with E-state index in [-0.39, 0.29) is 23.7 Å². The molecule has 3 N–H and O–H groups in total. The van der Waals surface area contributed by atoms with Crippen LogP contribution in [0.1, 0.15) is 44.7 Å². The molecule has 132 valence electrons. The van der Waals surface area contributed by atoms with E-state index in [4.69, 9.17) is 10.2 Å². The number of aliphatic hydroxyl groups is 1. The van der Waals surface area contributed by atoms with E-state index in [0.717, 1.165) is 36.8 Å². The first-order chi connectivity index (χ1) is 12.0. The lowest BCUT2D eigenvalue weighted by atomic mass is 9.93. The van der Waals surface area contributed by atoms with Crippen LogP contribution in [0.2, 0.25) is 0 Å². The second kappa shape index (κ2) is 8.99. The van der Waals surface area contributed by atoms with Gasteiger partial charge in [-0.3, -0.25) is 0 Å². The summed E-state index contributed by atoms with van der Waals surface area (Å²) in [6.07, 6.45) is 3.19. The predicted octanol–water partition coefficient (Wildman–Crippen LogP) is 3.26. The molecule has 0 radical (unpaired) electrons. The van der Waals surface area contributed by atoms with Crippen LogP contribution in [0.5, 0.6) is 0 Å². The highest BCUT2D eigenvalue weighted by atomic mass is 16.4. The van der Waals surface area contributed by atoms with Crippen LogP contribution >= 0.6 is 0 Å². The van der Waals surface area contributed by atoms with Gasteiger partial charge in [-0.05, 0) is 67.0 Å². The number of aryl methyl sites for hydroxylation is 2. The van der Waals surface area contributed by atoms with E-state index >= 15 is 0 Å². The van der Waals surface area contributed by atoms with Crippen molar-refractivity contribution in [2.75, 3.05) is 6.61 Å². The fraction of sp³-hybridized carbons (Fsp3) is 0.300. The molecule has 0 atom stereocenters. The second-order valence-electron chi connectivity index (χ2n) is 6.13. The number of benzene rings is 2. The lowest BCUT2D eigenvalue weighted by Crippen LogP contribution is -2.09. The Balaban J connectivity index is 1.83. The molecular weight excluding hydrogens is 320 g/mol. The minimum absolute atomic E-state index is 0.0976. The summed E-state index contributed by atoms with van der Waals surface area (Å²) in [5, 5.41) is 27.3. The van der Waals surface area contributed by atoms with Gasteiger partial charge in [0.1, 0.15) is 0 Å². The second-order valence-corrected chi connectivity index (χ2v) is 6.13. The third-order valence-corrected chi connectivity index (χ3v) is 4.34. The maximum Gasteiger partial charge on any atom is 0.335 e. The lowest BCUT2D eigenvalue weighted by Gasteiger charge is -2.14. The summed E-state index contributed by atoms with van der Waals surface area (Å²) in [6, 6.07) is 13.6. The number of rotatable bonds is 9. The van der Waals surface area contributed by atoms with Crippen LogP contribution in [0.15, 0.2) is 48.5 Å². The molecule has 2 aromatic rings. The molecule has 0 heterocycles. The molecule has 0 aliphatic heterocycles. The summed E-state index contributed by atoms with van der Waals surface area (Å²) in [5.41, 5.74) is 2.64. The average molecular weight is 342 g/mol. The Hall–Kier alpha value is -2.66. The Morgan fingerprint density at radius 2 is 1.08 bits per heavy atom. The molecule has 0 aromatic heterocycles. The lowest BCUT2D eigenvalue weighted by molar-refractivity contribution is 0.0686. The van der Waals surface area contributed by atoms with Gasteiger partial charge in [-0.15, -0.1) is 0 Å². The number of carboxylic acids is 2. The molecule has 25 heavy (non-hydrogen) atoms. The van der Waals surface area contributed by atoms with E-state index in [1.54, 1.807) is 24.3 Å². The maximum absolute atomic E-state index is 10.8. The molecule has 0 amide bonds. The highest BCUT2D eigenvalue weighted by Gasteiger charge is 2.10. The Labute approximate surface area is 146 Å². The summed E-state index contributed by atoms with van der Waals surface area (Å²) in [4.78, 5) is 21.7. The molecule has 0 aliphatic carbocycles. The summed E-state index contributed by atoms with van der Waals surface area (Å²) in [5.74, 6) is -1.72. The molecule has 0 saturated carbocycles. The van der Waals surface area contributed by atoms with Gasteiger partial charge >= 0.3 is 11.9 Å². The number of carbonyl (C=O) groups is 2. The van der Waals surface area contributed by atoms with Gasteiger partial charge in [0.2, 0.25) is 0 Å². The highest BCUT2D eigenvalue weighted by molar-refractivity contribution is 5.87. The van der Waals surface area contributed by atoms with E-state index < -0.39 is 11.9 Å². The number of aliphatic hydroxyl groups excluding tert-OH is 1. The van der Waals surface area contributed by atoms with Gasteiger partial charge in [0.15, 0.2) is 0 Å². The topological polar surface area (TPSA) is 94.8 Å². The minimum atomic E-state index is -0.936. The van der Waals surface area contributed by atoms with Crippen LogP contribution in [0, 0.1) is 5.92 Å². The van der Waals surface area contributed by atoms with Crippen LogP contribution in [-0.2, 0) is 12.8 Å². The Kier molecular flexibility index (Phi) is 6.71. The smallest absolute Gasteiger partial charge is 0.335 e. The Bertz CT molecular complexity index is 642. The van der Waals surface area contributed by atoms with Crippen LogP contribution in [0.4, 0.5) is 0 Å². The maximum atomic E-state index is 10.8. The third kappa shape index (κ3) is 5.72. The molecule has 5 heteroatoms. The van der Waals surface area contributed by atoms with Gasteiger partial charge in [0, 0.05) is 6.61 Å². The van der Waals surface area contributed by atoms with E-state index in [2.05, 4.69) is 0 Å². The molecule has 0 bridgehead atoms. The van der Waals surface area contributed by atoms with Gasteiger partial charge in [-0.25, -0.2) is 9.59 Å². The number of hydrogen-bond acceptors (Lipinski definition) is 3. The van der Waals surface area contributed by atoms with Gasteiger partial charge in [0.05, 0.1) is 11.1 Å². The molecule has 5 nitrogen and oxygen atoms in total. The van der Waals surface area contributed by atoms with Crippen molar-refractivity contribution < 1.29 is 24.9 Å². The van der Waals surface area contributed by atoms with Crippen molar-refractivity contribution >= 4 is 11.9 Å². The fourth-order valence-electron chi connectivity index (χ4n) is 2.70. The van der Waals surface area contributed by atoms with Crippen molar-refractivity contribution in [2.45, 2.75) is 25.7 Å². The summed E-state index contributed by atoms with van der Waals surface area (Å²) < 4.78 is 0. The molecule has 2 rings (SSSR count). The van der Waals surface area contributed by atoms with Crippen molar-refractivity contribution in [1.29, 1.82) is 0 Å². The first kappa shape index (κ1) is 18.7. The van der Waals surface area contributed by atoms with E-state index in [1.165, 1.54) is 0 Å². The zero-order chi connectivity index (χ0) is 18.2. The highest BCUT2D eigenvalue weighted by Crippen LogP contribution is 2.17. The summed E-state index contributed by atoms with van der Waals surface area (Å²) in [7, 11) is 0. The van der Waals surface area contributed by atoms with Gasteiger partial charge < -0.3 is 15.3 Å². The number of aromatic carboxylic acids is 2. The van der Waals surface area contributed by atoms with E-state index in [0.29, 0.717) is 0 Å². The number of carboxylic acid groups (broad SMARTS) is 2. The van der Waals surface area contributed by atoms with Gasteiger partial charge in [0.25, 0.3) is 0 Å². The average Bonchev–Trinajstić information content (AvgIpc) is 2.62. The molecule has 0 fully saturated rings.